The fraction of sp³-hybridized carbons (Fsp3) is 0.316. The molecule has 3 aromatic rings. The molecule has 1 unspecified atom stereocenters. The Labute approximate surface area is 150 Å². The van der Waals surface area contributed by atoms with Gasteiger partial charge >= 0.3 is 0 Å². The highest BCUT2D eigenvalue weighted by atomic mass is 19.1. The molecule has 0 amide bonds. The predicted molar refractivity (Wildman–Crippen MR) is 93.2 cm³/mol. The zero-order valence-electron chi connectivity index (χ0n) is 14.4. The Kier molecular flexibility index (Phi) is 4.38. The van der Waals surface area contributed by atoms with Crippen molar-refractivity contribution in [2.24, 2.45) is 0 Å². The topological polar surface area (TPSA) is 73.1 Å². The van der Waals surface area contributed by atoms with Crippen LogP contribution < -0.4 is 10.1 Å². The summed E-state index contributed by atoms with van der Waals surface area (Å²) in [5.41, 5.74) is 0.466. The molecule has 1 aliphatic rings. The van der Waals surface area contributed by atoms with Crippen LogP contribution in [-0.2, 0) is 5.54 Å². The molecule has 7 heteroatoms. The summed E-state index contributed by atoms with van der Waals surface area (Å²) in [6.07, 6.45) is 4.90. The van der Waals surface area contributed by atoms with Gasteiger partial charge in [-0.15, -0.1) is 0 Å². The average Bonchev–Trinajstić information content (AvgIpc) is 3.16. The first kappa shape index (κ1) is 16.7. The number of piperidine rings is 1. The molecule has 1 saturated heterocycles. The van der Waals surface area contributed by atoms with Gasteiger partial charge < -0.3 is 14.6 Å². The molecule has 134 valence electrons. The number of halogens is 1. The first-order chi connectivity index (χ1) is 12.6. The van der Waals surface area contributed by atoms with Gasteiger partial charge in [0.05, 0.1) is 5.54 Å². The van der Waals surface area contributed by atoms with Crippen molar-refractivity contribution >= 4 is 0 Å². The van der Waals surface area contributed by atoms with Crippen LogP contribution >= 0.6 is 0 Å². The smallest absolute Gasteiger partial charge is 0.246 e. The highest BCUT2D eigenvalue weighted by Crippen LogP contribution is 2.30. The summed E-state index contributed by atoms with van der Waals surface area (Å²) in [7, 11) is 0. The molecule has 26 heavy (non-hydrogen) atoms. The zero-order valence-corrected chi connectivity index (χ0v) is 14.4. The lowest BCUT2D eigenvalue weighted by atomic mass is 9.91. The molecule has 1 N–H and O–H groups in total. The van der Waals surface area contributed by atoms with Crippen LogP contribution in [-0.4, -0.2) is 21.7 Å². The molecule has 0 saturated carbocycles. The van der Waals surface area contributed by atoms with Crippen LogP contribution in [0.5, 0.6) is 11.6 Å². The van der Waals surface area contributed by atoms with Crippen molar-refractivity contribution in [2.45, 2.75) is 31.7 Å². The zero-order chi connectivity index (χ0) is 18.0. The van der Waals surface area contributed by atoms with Gasteiger partial charge in [0.1, 0.15) is 11.6 Å². The minimum Gasteiger partial charge on any atom is -0.439 e. The minimum atomic E-state index is -0.310. The Morgan fingerprint density at radius 2 is 2.00 bits per heavy atom. The van der Waals surface area contributed by atoms with E-state index in [-0.39, 0.29) is 11.4 Å². The van der Waals surface area contributed by atoms with Crippen molar-refractivity contribution in [3.8, 4) is 23.0 Å². The number of ether oxygens (including phenoxy) is 1. The molecule has 6 nitrogen and oxygen atoms in total. The van der Waals surface area contributed by atoms with E-state index < -0.39 is 0 Å². The molecule has 0 radical (unpaired) electrons. The fourth-order valence-electron chi connectivity index (χ4n) is 3.00. The molecule has 0 spiro atoms. The van der Waals surface area contributed by atoms with Crippen LogP contribution in [0.4, 0.5) is 4.39 Å². The van der Waals surface area contributed by atoms with Gasteiger partial charge in [0.2, 0.25) is 17.6 Å². The van der Waals surface area contributed by atoms with E-state index in [0.29, 0.717) is 23.3 Å². The molecule has 1 aromatic carbocycles. The summed E-state index contributed by atoms with van der Waals surface area (Å²) in [6.45, 7) is 3.03. The number of benzene rings is 1. The quantitative estimate of drug-likeness (QED) is 0.762. The maximum atomic E-state index is 12.9. The molecular formula is C19H19FN4O2. The fourth-order valence-corrected chi connectivity index (χ4v) is 3.00. The lowest BCUT2D eigenvalue weighted by molar-refractivity contribution is 0.207. The van der Waals surface area contributed by atoms with E-state index >= 15 is 0 Å². The van der Waals surface area contributed by atoms with Gasteiger partial charge in [-0.3, -0.25) is 0 Å². The van der Waals surface area contributed by atoms with Crippen LogP contribution in [0, 0.1) is 5.82 Å². The van der Waals surface area contributed by atoms with E-state index in [9.17, 15) is 4.39 Å². The van der Waals surface area contributed by atoms with Crippen LogP contribution in [0.2, 0.25) is 0 Å². The van der Waals surface area contributed by atoms with Crippen molar-refractivity contribution in [2.75, 3.05) is 6.54 Å². The Balaban J connectivity index is 1.49. The second-order valence-electron chi connectivity index (χ2n) is 6.58. The molecule has 0 aliphatic carbocycles. The minimum absolute atomic E-state index is 0.275. The van der Waals surface area contributed by atoms with E-state index in [2.05, 4.69) is 27.4 Å². The first-order valence-electron chi connectivity index (χ1n) is 8.61. The van der Waals surface area contributed by atoms with Crippen molar-refractivity contribution in [1.82, 2.24) is 20.4 Å². The van der Waals surface area contributed by atoms with Gasteiger partial charge in [0.25, 0.3) is 0 Å². The maximum Gasteiger partial charge on any atom is 0.246 e. The number of hydrogen-bond donors (Lipinski definition) is 1. The molecule has 0 bridgehead atoms. The summed E-state index contributed by atoms with van der Waals surface area (Å²) >= 11 is 0. The van der Waals surface area contributed by atoms with Crippen molar-refractivity contribution in [3.05, 3.63) is 54.3 Å². The van der Waals surface area contributed by atoms with Crippen LogP contribution in [0.1, 0.15) is 32.1 Å². The largest absolute Gasteiger partial charge is 0.439 e. The molecule has 2 aromatic heterocycles. The number of nitrogens with one attached hydrogen (secondary N) is 1. The average molecular weight is 354 g/mol. The Morgan fingerprint density at radius 1 is 1.15 bits per heavy atom. The van der Waals surface area contributed by atoms with E-state index in [1.165, 1.54) is 12.1 Å². The monoisotopic (exact) mass is 354 g/mol. The van der Waals surface area contributed by atoms with Crippen molar-refractivity contribution in [1.29, 1.82) is 0 Å². The molecule has 3 heterocycles. The van der Waals surface area contributed by atoms with Crippen LogP contribution in [0.3, 0.4) is 0 Å². The lowest BCUT2D eigenvalue weighted by Crippen LogP contribution is -2.43. The number of pyridine rings is 1. The summed E-state index contributed by atoms with van der Waals surface area (Å²) in [5, 5.41) is 7.54. The second kappa shape index (κ2) is 6.84. The molecule has 1 aliphatic heterocycles. The number of hydrogen-bond acceptors (Lipinski definition) is 6. The predicted octanol–water partition coefficient (Wildman–Crippen LogP) is 4.05. The van der Waals surface area contributed by atoms with E-state index in [1.807, 2.05) is 6.07 Å². The molecule has 1 atom stereocenters. The summed E-state index contributed by atoms with van der Waals surface area (Å²) in [4.78, 5) is 8.80. The first-order valence-corrected chi connectivity index (χ1v) is 8.61. The highest BCUT2D eigenvalue weighted by molar-refractivity contribution is 5.53. The van der Waals surface area contributed by atoms with Crippen LogP contribution in [0.15, 0.2) is 47.1 Å². The van der Waals surface area contributed by atoms with Crippen molar-refractivity contribution in [3.63, 3.8) is 0 Å². The van der Waals surface area contributed by atoms with Crippen molar-refractivity contribution < 1.29 is 13.7 Å². The van der Waals surface area contributed by atoms with Crippen LogP contribution in [0.25, 0.3) is 11.4 Å². The summed E-state index contributed by atoms with van der Waals surface area (Å²) < 4.78 is 24.0. The normalized spacial score (nSPS) is 20.1. The molecular weight excluding hydrogens is 335 g/mol. The van der Waals surface area contributed by atoms with Gasteiger partial charge in [0, 0.05) is 17.8 Å². The number of aromatic nitrogens is 3. The third-order valence-electron chi connectivity index (χ3n) is 4.55. The standard InChI is InChI=1S/C19H19FN4O2/c1-19(10-2-3-11-22-19)18-23-17(24-26-18)13-4-9-16(21-12-13)25-15-7-5-14(20)6-8-15/h4-9,12,22H,2-3,10-11H2,1H3. The van der Waals surface area contributed by atoms with E-state index in [4.69, 9.17) is 9.26 Å². The van der Waals surface area contributed by atoms with Gasteiger partial charge in [0.15, 0.2) is 0 Å². The SMILES string of the molecule is CC1(c2nc(-c3ccc(Oc4ccc(F)cc4)nc3)no2)CCCCN1. The maximum absolute atomic E-state index is 12.9. The summed E-state index contributed by atoms with van der Waals surface area (Å²) in [6, 6.07) is 9.31. The van der Waals surface area contributed by atoms with Gasteiger partial charge in [-0.05, 0) is 63.1 Å². The third-order valence-corrected chi connectivity index (χ3v) is 4.55. The van der Waals surface area contributed by atoms with E-state index in [1.54, 1.807) is 24.4 Å². The van der Waals surface area contributed by atoms with Gasteiger partial charge in [-0.1, -0.05) is 5.16 Å². The Morgan fingerprint density at radius 3 is 2.69 bits per heavy atom. The Hall–Kier alpha value is -2.80. The molecule has 4 rings (SSSR count). The number of rotatable bonds is 4. The third kappa shape index (κ3) is 3.43. The highest BCUT2D eigenvalue weighted by Gasteiger charge is 2.34. The molecule has 1 fully saturated rings. The van der Waals surface area contributed by atoms with E-state index in [0.717, 1.165) is 31.4 Å². The summed E-state index contributed by atoms with van der Waals surface area (Å²) in [5.74, 6) is 1.71. The lowest BCUT2D eigenvalue weighted by Gasteiger charge is -2.31. The van der Waals surface area contributed by atoms with Gasteiger partial charge in [-0.25, -0.2) is 9.37 Å². The Bertz CT molecular complexity index is 871. The number of nitrogens with zero attached hydrogens (tertiary/aromatic N) is 3. The second-order valence-corrected chi connectivity index (χ2v) is 6.58. The van der Waals surface area contributed by atoms with Gasteiger partial charge in [-0.2, -0.15) is 4.98 Å².